The van der Waals surface area contributed by atoms with E-state index in [9.17, 15) is 4.79 Å². The van der Waals surface area contributed by atoms with Crippen LogP contribution in [0.4, 0.5) is 0 Å². The Labute approximate surface area is 119 Å². The first-order chi connectivity index (χ1) is 9.20. The number of benzene rings is 2. The van der Waals surface area contributed by atoms with E-state index in [1.165, 1.54) is 11.1 Å². The molecule has 0 unspecified atom stereocenters. The van der Waals surface area contributed by atoms with Gasteiger partial charge in [-0.15, -0.1) is 0 Å². The smallest absolute Gasteiger partial charge is 0.251 e. The Morgan fingerprint density at radius 3 is 2.21 bits per heavy atom. The molecule has 0 aliphatic rings. The number of nitrogens with one attached hydrogen (secondary N) is 1. The topological polar surface area (TPSA) is 29.1 Å². The van der Waals surface area contributed by atoms with Gasteiger partial charge < -0.3 is 5.32 Å². The van der Waals surface area contributed by atoms with Crippen molar-refractivity contribution in [2.45, 2.75) is 6.92 Å². The largest absolute Gasteiger partial charge is 0.355 e. The summed E-state index contributed by atoms with van der Waals surface area (Å²) in [6.45, 7) is 2.07. The molecule has 0 radical (unpaired) electrons. The molecule has 0 atom stereocenters. The number of aryl methyl sites for hydroxylation is 1. The second-order valence-electron chi connectivity index (χ2n) is 4.03. The summed E-state index contributed by atoms with van der Waals surface area (Å²) < 4.78 is 0. The average Bonchev–Trinajstić information content (AvgIpc) is 2.48. The van der Waals surface area contributed by atoms with Gasteiger partial charge in [-0.25, -0.2) is 0 Å². The first-order valence-corrected chi connectivity index (χ1v) is 6.46. The Kier molecular flexibility index (Phi) is 5.90. The normalized spacial score (nSPS) is 9.16. The molecule has 0 spiro atoms. The van der Waals surface area contributed by atoms with E-state index in [0.29, 0.717) is 5.56 Å². The van der Waals surface area contributed by atoms with Gasteiger partial charge in [-0.05, 0) is 36.1 Å². The van der Waals surface area contributed by atoms with Crippen LogP contribution in [0.15, 0.2) is 48.5 Å². The van der Waals surface area contributed by atoms with Crippen molar-refractivity contribution >= 4 is 24.0 Å². The van der Waals surface area contributed by atoms with Crippen LogP contribution in [0.1, 0.15) is 15.9 Å². The fraction of sp³-hybridized carbons (Fsp3) is 0.125. The van der Waals surface area contributed by atoms with E-state index < -0.39 is 0 Å². The summed E-state index contributed by atoms with van der Waals surface area (Å²) in [6, 6.07) is 15.9. The van der Waals surface area contributed by atoms with Crippen LogP contribution in [0.25, 0.3) is 11.1 Å². The summed E-state index contributed by atoms with van der Waals surface area (Å²) in [7, 11) is 1.64. The molecule has 1 N–H and O–H groups in total. The summed E-state index contributed by atoms with van der Waals surface area (Å²) in [5, 5.41) is 2.61. The minimum Gasteiger partial charge on any atom is -0.355 e. The third kappa shape index (κ3) is 4.00. The molecule has 3 heteroatoms. The van der Waals surface area contributed by atoms with Crippen LogP contribution in [0.5, 0.6) is 0 Å². The Hall–Kier alpha value is -2.00. The molecule has 0 fully saturated rings. The molecule has 0 saturated heterocycles. The SMILES string of the molecule is C=S.CNC(=O)c1ccc(-c2cccc(C)c2)cc1. The zero-order chi connectivity index (χ0) is 14.3. The van der Waals surface area contributed by atoms with Gasteiger partial charge in [-0.3, -0.25) is 4.79 Å². The molecule has 19 heavy (non-hydrogen) atoms. The number of hydrogen-bond donors (Lipinski definition) is 1. The van der Waals surface area contributed by atoms with E-state index in [1.54, 1.807) is 7.05 Å². The maximum atomic E-state index is 11.4. The third-order valence-corrected chi connectivity index (χ3v) is 2.73. The summed E-state index contributed by atoms with van der Waals surface area (Å²) in [4.78, 5) is 11.4. The summed E-state index contributed by atoms with van der Waals surface area (Å²) >= 11 is 3.83. The zero-order valence-corrected chi connectivity index (χ0v) is 12.0. The Morgan fingerprint density at radius 1 is 1.05 bits per heavy atom. The predicted molar refractivity (Wildman–Crippen MR) is 84.7 cm³/mol. The fourth-order valence-electron chi connectivity index (χ4n) is 1.78. The van der Waals surface area contributed by atoms with Crippen LogP contribution >= 0.6 is 12.2 Å². The van der Waals surface area contributed by atoms with Crippen molar-refractivity contribution in [1.82, 2.24) is 5.32 Å². The molecule has 2 nitrogen and oxygen atoms in total. The number of thiocarbonyl (C=S) groups is 1. The van der Waals surface area contributed by atoms with Gasteiger partial charge in [0.2, 0.25) is 0 Å². The minimum absolute atomic E-state index is 0.0548. The highest BCUT2D eigenvalue weighted by Gasteiger charge is 2.03. The monoisotopic (exact) mass is 271 g/mol. The number of hydrogen-bond acceptors (Lipinski definition) is 2. The van der Waals surface area contributed by atoms with Crippen molar-refractivity contribution in [3.05, 3.63) is 59.7 Å². The standard InChI is InChI=1S/C15H15NO.CH2S/c1-11-4-3-5-14(10-11)12-6-8-13(9-7-12)15(17)16-2;1-2/h3-10H,1-2H3,(H,16,17);1H2. The second kappa shape index (κ2) is 7.44. The highest BCUT2D eigenvalue weighted by Crippen LogP contribution is 2.20. The van der Waals surface area contributed by atoms with Crippen LogP contribution in [-0.2, 0) is 0 Å². The van der Waals surface area contributed by atoms with Crippen molar-refractivity contribution < 1.29 is 4.79 Å². The fourth-order valence-corrected chi connectivity index (χ4v) is 1.78. The Morgan fingerprint density at radius 2 is 1.68 bits per heavy atom. The maximum absolute atomic E-state index is 11.4. The van der Waals surface area contributed by atoms with Gasteiger partial charge in [0.15, 0.2) is 0 Å². The lowest BCUT2D eigenvalue weighted by molar-refractivity contribution is 0.0963. The molecule has 0 aliphatic carbocycles. The molecular formula is C16H17NOS. The molecule has 0 aliphatic heterocycles. The van der Waals surface area contributed by atoms with Crippen LogP contribution < -0.4 is 5.32 Å². The first-order valence-electron chi connectivity index (χ1n) is 5.89. The summed E-state index contributed by atoms with van der Waals surface area (Å²) in [6.07, 6.45) is 0. The van der Waals surface area contributed by atoms with Crippen LogP contribution in [0, 0.1) is 6.92 Å². The maximum Gasteiger partial charge on any atom is 0.251 e. The first kappa shape index (κ1) is 15.1. The van der Waals surface area contributed by atoms with Gasteiger partial charge in [0.1, 0.15) is 0 Å². The number of carbonyl (C=O) groups excluding carboxylic acids is 1. The lowest BCUT2D eigenvalue weighted by Gasteiger charge is -2.04. The van der Waals surface area contributed by atoms with Crippen molar-refractivity contribution in [2.75, 3.05) is 7.05 Å². The van der Waals surface area contributed by atoms with Gasteiger partial charge in [-0.1, -0.05) is 54.2 Å². The van der Waals surface area contributed by atoms with Crippen molar-refractivity contribution in [1.29, 1.82) is 0 Å². The number of carbonyl (C=O) groups is 1. The van der Waals surface area contributed by atoms with Crippen molar-refractivity contribution in [3.63, 3.8) is 0 Å². The van der Waals surface area contributed by atoms with Crippen molar-refractivity contribution in [2.24, 2.45) is 0 Å². The summed E-state index contributed by atoms with van der Waals surface area (Å²) in [5.41, 5.74) is 4.22. The molecule has 0 saturated carbocycles. The molecule has 0 bridgehead atoms. The Balaban J connectivity index is 0.000000861. The van der Waals surface area contributed by atoms with E-state index in [4.69, 9.17) is 0 Å². The average molecular weight is 271 g/mol. The highest BCUT2D eigenvalue weighted by atomic mass is 32.1. The minimum atomic E-state index is -0.0548. The highest BCUT2D eigenvalue weighted by molar-refractivity contribution is 7.77. The van der Waals surface area contributed by atoms with Gasteiger partial charge in [0.25, 0.3) is 5.91 Å². The van der Waals surface area contributed by atoms with E-state index in [2.05, 4.69) is 48.5 Å². The molecule has 1 amide bonds. The van der Waals surface area contributed by atoms with Gasteiger partial charge >= 0.3 is 0 Å². The van der Waals surface area contributed by atoms with E-state index in [-0.39, 0.29) is 5.91 Å². The van der Waals surface area contributed by atoms with Crippen LogP contribution in [0.2, 0.25) is 0 Å². The quantitative estimate of drug-likeness (QED) is 0.845. The van der Waals surface area contributed by atoms with E-state index in [1.807, 2.05) is 30.3 Å². The number of amides is 1. The molecule has 2 rings (SSSR count). The zero-order valence-electron chi connectivity index (χ0n) is 11.1. The molecule has 0 aromatic heterocycles. The van der Waals surface area contributed by atoms with Gasteiger partial charge in [-0.2, -0.15) is 0 Å². The third-order valence-electron chi connectivity index (χ3n) is 2.73. The van der Waals surface area contributed by atoms with Crippen LogP contribution in [0.3, 0.4) is 0 Å². The van der Waals surface area contributed by atoms with E-state index >= 15 is 0 Å². The lowest BCUT2D eigenvalue weighted by Crippen LogP contribution is -2.17. The molecule has 0 heterocycles. The van der Waals surface area contributed by atoms with E-state index in [0.717, 1.165) is 5.56 Å². The van der Waals surface area contributed by atoms with Crippen LogP contribution in [-0.4, -0.2) is 18.8 Å². The molecule has 2 aromatic carbocycles. The number of rotatable bonds is 2. The molecule has 2 aromatic rings. The lowest BCUT2D eigenvalue weighted by atomic mass is 10.0. The molecular weight excluding hydrogens is 254 g/mol. The van der Waals surface area contributed by atoms with Crippen molar-refractivity contribution in [3.8, 4) is 11.1 Å². The molecule has 98 valence electrons. The van der Waals surface area contributed by atoms with Gasteiger partial charge in [0.05, 0.1) is 0 Å². The van der Waals surface area contributed by atoms with Gasteiger partial charge in [0, 0.05) is 12.6 Å². The summed E-state index contributed by atoms with van der Waals surface area (Å²) in [5.74, 6) is 2.78. The predicted octanol–water partition coefficient (Wildman–Crippen LogP) is 3.64. The second-order valence-corrected chi connectivity index (χ2v) is 4.03. The Bertz CT molecular complexity index is 549.